The molecule has 2 N–H and O–H groups in total. The van der Waals surface area contributed by atoms with E-state index < -0.39 is 9.84 Å². The molecule has 0 aromatic carbocycles. The number of carbonyl (C=O) groups excluding carboxylic acids is 1. The first kappa shape index (κ1) is 20.2. The van der Waals surface area contributed by atoms with Gasteiger partial charge >= 0.3 is 0 Å². The highest BCUT2D eigenvalue weighted by atomic mass is 35.5. The minimum absolute atomic E-state index is 0. The van der Waals surface area contributed by atoms with Crippen molar-refractivity contribution in [2.45, 2.75) is 24.3 Å². The number of nitrogens with zero attached hydrogens (tertiary/aromatic N) is 1. The molecule has 1 aliphatic heterocycles. The Balaban J connectivity index is 0.00000132. The van der Waals surface area contributed by atoms with E-state index in [2.05, 4.69) is 15.6 Å². The zero-order valence-corrected chi connectivity index (χ0v) is 15.2. The molecule has 1 aromatic rings. The van der Waals surface area contributed by atoms with Gasteiger partial charge in [-0.25, -0.2) is 13.4 Å². The quantitative estimate of drug-likeness (QED) is 0.830. The monoisotopic (exact) mass is 381 g/mol. The zero-order valence-electron chi connectivity index (χ0n) is 12.7. The van der Waals surface area contributed by atoms with Crippen molar-refractivity contribution in [1.82, 2.24) is 10.3 Å². The molecule has 23 heavy (non-hydrogen) atoms. The summed E-state index contributed by atoms with van der Waals surface area (Å²) in [7, 11) is -3.31. The van der Waals surface area contributed by atoms with E-state index in [4.69, 9.17) is 0 Å². The van der Waals surface area contributed by atoms with Crippen LogP contribution >= 0.6 is 24.8 Å². The first-order chi connectivity index (χ1) is 9.91. The predicted octanol–water partition coefficient (Wildman–Crippen LogP) is 1.66. The topological polar surface area (TPSA) is 88.2 Å². The summed E-state index contributed by atoms with van der Waals surface area (Å²) >= 11 is 0. The van der Waals surface area contributed by atoms with Crippen molar-refractivity contribution < 1.29 is 13.2 Å². The number of carbonyl (C=O) groups is 1. The Morgan fingerprint density at radius 2 is 1.96 bits per heavy atom. The van der Waals surface area contributed by atoms with Crippen LogP contribution in [0.3, 0.4) is 0 Å². The van der Waals surface area contributed by atoms with E-state index in [0.29, 0.717) is 5.69 Å². The number of anilines is 1. The van der Waals surface area contributed by atoms with Crippen LogP contribution in [0.5, 0.6) is 0 Å². The summed E-state index contributed by atoms with van der Waals surface area (Å²) in [5.41, 5.74) is 0.735. The highest BCUT2D eigenvalue weighted by Gasteiger charge is 2.57. The number of rotatable bonds is 3. The molecular weight excluding hydrogens is 361 g/mol. The van der Waals surface area contributed by atoms with Crippen molar-refractivity contribution >= 4 is 46.2 Å². The van der Waals surface area contributed by atoms with Crippen LogP contribution in [-0.4, -0.2) is 38.7 Å². The van der Waals surface area contributed by atoms with Crippen molar-refractivity contribution in [3.8, 4) is 0 Å². The maximum absolute atomic E-state index is 12.3. The fourth-order valence-electron chi connectivity index (χ4n) is 3.10. The summed E-state index contributed by atoms with van der Waals surface area (Å²) in [6, 6.07) is 3.00. The van der Waals surface area contributed by atoms with Crippen molar-refractivity contribution in [3.05, 3.63) is 18.3 Å². The predicted molar refractivity (Wildman–Crippen MR) is 93.1 cm³/mol. The first-order valence-electron chi connectivity index (χ1n) is 7.08. The standard InChI is InChI=1S/C14H19N3O3S.2ClH/c1-21(19,20)12-3-2-10(9-16-12)17-13(18)11-8-14(11)4-6-15-7-5-14;;/h2-3,9,11,15H,4-8H2,1H3,(H,17,18);2*1H. The van der Waals surface area contributed by atoms with Crippen LogP contribution in [0.2, 0.25) is 0 Å². The lowest BCUT2D eigenvalue weighted by molar-refractivity contribution is -0.118. The molecule has 130 valence electrons. The molecule has 1 saturated carbocycles. The lowest BCUT2D eigenvalue weighted by atomic mass is 9.92. The highest BCUT2D eigenvalue weighted by Crippen LogP contribution is 2.58. The molecule has 6 nitrogen and oxygen atoms in total. The molecule has 0 bridgehead atoms. The molecule has 1 amide bonds. The van der Waals surface area contributed by atoms with Crippen LogP contribution in [0.1, 0.15) is 19.3 Å². The Kier molecular flexibility index (Phi) is 6.43. The van der Waals surface area contributed by atoms with Crippen LogP contribution in [0.25, 0.3) is 0 Å². The molecule has 1 atom stereocenters. The average Bonchev–Trinajstić information content (AvgIpc) is 3.13. The van der Waals surface area contributed by atoms with Gasteiger partial charge in [0.15, 0.2) is 14.9 Å². The second-order valence-corrected chi connectivity index (χ2v) is 7.98. The van der Waals surface area contributed by atoms with E-state index in [1.165, 1.54) is 12.3 Å². The minimum Gasteiger partial charge on any atom is -0.324 e. The largest absolute Gasteiger partial charge is 0.324 e. The Bertz CT molecular complexity index is 658. The minimum atomic E-state index is -3.31. The van der Waals surface area contributed by atoms with Gasteiger partial charge in [0.1, 0.15) is 0 Å². The van der Waals surface area contributed by atoms with Gasteiger partial charge in [-0.3, -0.25) is 4.79 Å². The third-order valence-electron chi connectivity index (χ3n) is 4.49. The number of halogens is 2. The second kappa shape index (κ2) is 7.34. The van der Waals surface area contributed by atoms with E-state index in [1.54, 1.807) is 6.07 Å². The Morgan fingerprint density at radius 3 is 2.48 bits per heavy atom. The van der Waals surface area contributed by atoms with E-state index in [9.17, 15) is 13.2 Å². The summed E-state index contributed by atoms with van der Waals surface area (Å²) < 4.78 is 22.7. The number of nitrogens with one attached hydrogen (secondary N) is 2. The van der Waals surface area contributed by atoms with E-state index in [0.717, 1.165) is 38.6 Å². The summed E-state index contributed by atoms with van der Waals surface area (Å²) in [6.45, 7) is 1.96. The summed E-state index contributed by atoms with van der Waals surface area (Å²) in [6.07, 6.45) is 5.56. The number of hydrogen-bond acceptors (Lipinski definition) is 5. The molecule has 1 unspecified atom stereocenters. The van der Waals surface area contributed by atoms with E-state index in [-0.39, 0.29) is 47.1 Å². The normalized spacial score (nSPS) is 21.7. The van der Waals surface area contributed by atoms with E-state index >= 15 is 0 Å². The summed E-state index contributed by atoms with van der Waals surface area (Å²) in [4.78, 5) is 16.1. The van der Waals surface area contributed by atoms with Gasteiger partial charge in [-0.1, -0.05) is 0 Å². The van der Waals surface area contributed by atoms with Gasteiger partial charge in [-0.15, -0.1) is 24.8 Å². The molecule has 2 fully saturated rings. The third kappa shape index (κ3) is 4.35. The van der Waals surface area contributed by atoms with Crippen molar-refractivity contribution in [2.24, 2.45) is 11.3 Å². The Morgan fingerprint density at radius 1 is 1.30 bits per heavy atom. The van der Waals surface area contributed by atoms with Gasteiger partial charge in [-0.05, 0) is 49.9 Å². The van der Waals surface area contributed by atoms with Gasteiger partial charge in [0.25, 0.3) is 0 Å². The van der Waals surface area contributed by atoms with Crippen molar-refractivity contribution in [2.75, 3.05) is 24.7 Å². The molecule has 3 rings (SSSR count). The fourth-order valence-corrected chi connectivity index (χ4v) is 3.66. The lowest BCUT2D eigenvalue weighted by Gasteiger charge is -2.23. The second-order valence-electron chi connectivity index (χ2n) is 6.02. The number of piperidine rings is 1. The van der Waals surface area contributed by atoms with Gasteiger partial charge < -0.3 is 10.6 Å². The summed E-state index contributed by atoms with van der Waals surface area (Å²) in [5, 5.41) is 6.16. The molecule has 0 radical (unpaired) electrons. The van der Waals surface area contributed by atoms with E-state index in [1.807, 2.05) is 0 Å². The molecule has 9 heteroatoms. The van der Waals surface area contributed by atoms with Crippen molar-refractivity contribution in [1.29, 1.82) is 0 Å². The van der Waals surface area contributed by atoms with Gasteiger partial charge in [0.05, 0.1) is 11.9 Å². The summed E-state index contributed by atoms with van der Waals surface area (Å²) in [5.74, 6) is 0.0972. The molecular formula is C14H21Cl2N3O3S. The highest BCUT2D eigenvalue weighted by molar-refractivity contribution is 7.90. The number of sulfone groups is 1. The van der Waals surface area contributed by atoms with Gasteiger partial charge in [0.2, 0.25) is 5.91 Å². The Labute approximate surface area is 148 Å². The van der Waals surface area contributed by atoms with Crippen LogP contribution in [0.15, 0.2) is 23.4 Å². The number of amides is 1. The Hall–Kier alpha value is -0.890. The fraction of sp³-hybridized carbons (Fsp3) is 0.571. The number of hydrogen-bond donors (Lipinski definition) is 2. The maximum Gasteiger partial charge on any atom is 0.228 e. The van der Waals surface area contributed by atoms with Crippen LogP contribution in [0.4, 0.5) is 5.69 Å². The lowest BCUT2D eigenvalue weighted by Crippen LogP contribution is -2.31. The van der Waals surface area contributed by atoms with Crippen molar-refractivity contribution in [3.63, 3.8) is 0 Å². The third-order valence-corrected chi connectivity index (χ3v) is 5.49. The van der Waals surface area contributed by atoms with Crippen LogP contribution in [-0.2, 0) is 14.6 Å². The molecule has 2 aliphatic rings. The molecule has 1 aliphatic carbocycles. The number of aromatic nitrogens is 1. The van der Waals surface area contributed by atoms with Gasteiger partial charge in [-0.2, -0.15) is 0 Å². The molecule has 2 heterocycles. The molecule has 1 spiro atoms. The number of pyridine rings is 1. The van der Waals surface area contributed by atoms with Gasteiger partial charge in [0, 0.05) is 12.2 Å². The molecule has 1 aromatic heterocycles. The average molecular weight is 382 g/mol. The van der Waals surface area contributed by atoms with Crippen LogP contribution in [0, 0.1) is 11.3 Å². The smallest absolute Gasteiger partial charge is 0.228 e. The maximum atomic E-state index is 12.3. The molecule has 1 saturated heterocycles. The first-order valence-corrected chi connectivity index (χ1v) is 8.98. The van der Waals surface area contributed by atoms with Crippen LogP contribution < -0.4 is 10.6 Å². The SMILES string of the molecule is CS(=O)(=O)c1ccc(NC(=O)C2CC23CCNCC3)cn1.Cl.Cl. The zero-order chi connectivity index (χ0) is 15.1.